The Morgan fingerprint density at radius 1 is 1.06 bits per heavy atom. The summed E-state index contributed by atoms with van der Waals surface area (Å²) in [5.74, 6) is 0.495. The summed E-state index contributed by atoms with van der Waals surface area (Å²) in [5, 5.41) is 10.1. The maximum atomic E-state index is 10.1. The van der Waals surface area contributed by atoms with Crippen molar-refractivity contribution >= 4 is 0 Å². The van der Waals surface area contributed by atoms with E-state index >= 15 is 0 Å². The van der Waals surface area contributed by atoms with Crippen molar-refractivity contribution in [2.45, 2.75) is 37.5 Å². The van der Waals surface area contributed by atoms with Crippen LogP contribution in [0.5, 0.6) is 5.75 Å². The van der Waals surface area contributed by atoms with Gasteiger partial charge in [0.2, 0.25) is 0 Å². The van der Waals surface area contributed by atoms with Crippen LogP contribution in [0.25, 0.3) is 0 Å². The Balaban J connectivity index is 1.90. The quantitative estimate of drug-likeness (QED) is 0.864. The second-order valence-electron chi connectivity index (χ2n) is 5.63. The Labute approximate surface area is 103 Å². The van der Waals surface area contributed by atoms with Crippen molar-refractivity contribution in [2.75, 3.05) is 19.6 Å². The lowest BCUT2D eigenvalue weighted by Crippen LogP contribution is -2.46. The molecule has 3 rings (SSSR count). The highest BCUT2D eigenvalue weighted by molar-refractivity contribution is 5.39. The minimum absolute atomic E-state index is 0.228. The first-order valence-corrected chi connectivity index (χ1v) is 6.81. The zero-order valence-corrected chi connectivity index (χ0v) is 10.4. The summed E-state index contributed by atoms with van der Waals surface area (Å²) in [4.78, 5) is 2.54. The van der Waals surface area contributed by atoms with Crippen molar-refractivity contribution in [1.82, 2.24) is 4.90 Å². The van der Waals surface area contributed by atoms with Gasteiger partial charge in [-0.05, 0) is 38.4 Å². The summed E-state index contributed by atoms with van der Waals surface area (Å²) in [6.45, 7) is 3.63. The van der Waals surface area contributed by atoms with Gasteiger partial charge in [0.05, 0.1) is 0 Å². The summed E-state index contributed by atoms with van der Waals surface area (Å²) < 4.78 is 0. The van der Waals surface area contributed by atoms with Crippen LogP contribution >= 0.6 is 0 Å². The average molecular weight is 231 g/mol. The van der Waals surface area contributed by atoms with Crippen LogP contribution in [0.2, 0.25) is 0 Å². The third-order valence-electron chi connectivity index (χ3n) is 4.51. The van der Waals surface area contributed by atoms with Gasteiger partial charge in [-0.2, -0.15) is 0 Å². The second-order valence-corrected chi connectivity index (χ2v) is 5.63. The van der Waals surface area contributed by atoms with Gasteiger partial charge < -0.3 is 10.0 Å². The van der Waals surface area contributed by atoms with E-state index in [9.17, 15) is 5.11 Å². The molecule has 1 saturated heterocycles. The fraction of sp³-hybridized carbons (Fsp3) is 0.600. The van der Waals surface area contributed by atoms with Gasteiger partial charge in [-0.3, -0.25) is 0 Å². The molecule has 17 heavy (non-hydrogen) atoms. The Bertz CT molecular complexity index is 392. The number of benzene rings is 1. The van der Waals surface area contributed by atoms with E-state index in [0.717, 1.165) is 6.54 Å². The standard InChI is InChI=1S/C15H21NO/c17-14-7-2-1-6-13(14)15(8-3-4-9-15)12-16-10-5-11-16/h1-2,6-7,17H,3-5,8-12H2. The van der Waals surface area contributed by atoms with E-state index in [1.54, 1.807) is 0 Å². The highest BCUT2D eigenvalue weighted by atomic mass is 16.3. The van der Waals surface area contributed by atoms with Crippen molar-refractivity contribution in [1.29, 1.82) is 0 Å². The number of likely N-dealkylation sites (tertiary alicyclic amines) is 1. The Hall–Kier alpha value is -1.02. The molecule has 1 heterocycles. The molecule has 0 bridgehead atoms. The molecule has 92 valence electrons. The van der Waals surface area contributed by atoms with Crippen LogP contribution in [-0.4, -0.2) is 29.6 Å². The largest absolute Gasteiger partial charge is 0.508 e. The fourth-order valence-corrected chi connectivity index (χ4v) is 3.45. The van der Waals surface area contributed by atoms with Gasteiger partial charge in [0.15, 0.2) is 0 Å². The first kappa shape index (κ1) is 11.1. The summed E-state index contributed by atoms with van der Waals surface area (Å²) in [7, 11) is 0. The van der Waals surface area contributed by atoms with E-state index in [1.807, 2.05) is 12.1 Å². The van der Waals surface area contributed by atoms with Crippen molar-refractivity contribution in [3.63, 3.8) is 0 Å². The van der Waals surface area contributed by atoms with Gasteiger partial charge in [0.25, 0.3) is 0 Å². The third-order valence-corrected chi connectivity index (χ3v) is 4.51. The molecule has 1 aromatic rings. The summed E-state index contributed by atoms with van der Waals surface area (Å²) >= 11 is 0. The maximum absolute atomic E-state index is 10.1. The Kier molecular flexibility index (Phi) is 2.83. The summed E-state index contributed by atoms with van der Waals surface area (Å²) in [6, 6.07) is 7.95. The molecule has 1 saturated carbocycles. The van der Waals surface area contributed by atoms with Crippen LogP contribution in [0.1, 0.15) is 37.7 Å². The van der Waals surface area contributed by atoms with E-state index in [1.165, 1.54) is 50.8 Å². The molecule has 0 aromatic heterocycles. The Morgan fingerprint density at radius 2 is 1.76 bits per heavy atom. The smallest absolute Gasteiger partial charge is 0.119 e. The first-order chi connectivity index (χ1) is 8.30. The molecule has 0 atom stereocenters. The number of hydrogen-bond acceptors (Lipinski definition) is 2. The fourth-order valence-electron chi connectivity index (χ4n) is 3.45. The van der Waals surface area contributed by atoms with Crippen molar-refractivity contribution in [3.8, 4) is 5.75 Å². The number of rotatable bonds is 3. The lowest BCUT2D eigenvalue weighted by Gasteiger charge is -2.40. The molecule has 2 fully saturated rings. The zero-order chi connectivity index (χ0) is 11.7. The van der Waals surface area contributed by atoms with Gasteiger partial charge >= 0.3 is 0 Å². The number of phenols is 1. The van der Waals surface area contributed by atoms with Crippen LogP contribution in [0.15, 0.2) is 24.3 Å². The van der Waals surface area contributed by atoms with Gasteiger partial charge in [-0.25, -0.2) is 0 Å². The molecule has 2 aliphatic rings. The predicted octanol–water partition coefficient (Wildman–Crippen LogP) is 2.91. The summed E-state index contributed by atoms with van der Waals surface area (Å²) in [6.07, 6.45) is 6.43. The highest BCUT2D eigenvalue weighted by Crippen LogP contribution is 2.45. The van der Waals surface area contributed by atoms with Crippen molar-refractivity contribution < 1.29 is 5.11 Å². The second kappa shape index (κ2) is 4.34. The maximum Gasteiger partial charge on any atom is 0.119 e. The van der Waals surface area contributed by atoms with Gasteiger partial charge in [0, 0.05) is 17.5 Å². The van der Waals surface area contributed by atoms with E-state index in [0.29, 0.717) is 5.75 Å². The molecule has 2 nitrogen and oxygen atoms in total. The van der Waals surface area contributed by atoms with E-state index in [-0.39, 0.29) is 5.41 Å². The van der Waals surface area contributed by atoms with Crippen LogP contribution in [0.4, 0.5) is 0 Å². The lowest BCUT2D eigenvalue weighted by atomic mass is 9.77. The lowest BCUT2D eigenvalue weighted by molar-refractivity contribution is 0.135. The van der Waals surface area contributed by atoms with E-state index in [4.69, 9.17) is 0 Å². The molecule has 2 heteroatoms. The van der Waals surface area contributed by atoms with Crippen molar-refractivity contribution in [2.24, 2.45) is 0 Å². The molecule has 1 aromatic carbocycles. The van der Waals surface area contributed by atoms with Crippen LogP contribution in [0, 0.1) is 0 Å². The van der Waals surface area contributed by atoms with Gasteiger partial charge in [0.1, 0.15) is 5.75 Å². The molecule has 0 amide bonds. The number of phenolic OH excluding ortho intramolecular Hbond substituents is 1. The van der Waals surface area contributed by atoms with E-state index < -0.39 is 0 Å². The third kappa shape index (κ3) is 1.95. The molecule has 1 aliphatic carbocycles. The topological polar surface area (TPSA) is 23.5 Å². The van der Waals surface area contributed by atoms with E-state index in [2.05, 4.69) is 17.0 Å². The van der Waals surface area contributed by atoms with Crippen LogP contribution < -0.4 is 0 Å². The first-order valence-electron chi connectivity index (χ1n) is 6.81. The SMILES string of the molecule is Oc1ccccc1C1(CN2CCC2)CCCC1. The summed E-state index contributed by atoms with van der Waals surface area (Å²) in [5.41, 5.74) is 1.41. The predicted molar refractivity (Wildman–Crippen MR) is 69.3 cm³/mol. The normalized spacial score (nSPS) is 23.5. The minimum Gasteiger partial charge on any atom is -0.508 e. The molecule has 0 radical (unpaired) electrons. The number of para-hydroxylation sites is 1. The highest BCUT2D eigenvalue weighted by Gasteiger charge is 2.39. The van der Waals surface area contributed by atoms with Crippen molar-refractivity contribution in [3.05, 3.63) is 29.8 Å². The number of nitrogens with zero attached hydrogens (tertiary/aromatic N) is 1. The van der Waals surface area contributed by atoms with Crippen LogP contribution in [-0.2, 0) is 5.41 Å². The molecular weight excluding hydrogens is 210 g/mol. The molecule has 0 unspecified atom stereocenters. The molecule has 1 N–H and O–H groups in total. The molecular formula is C15H21NO. The monoisotopic (exact) mass is 231 g/mol. The van der Waals surface area contributed by atoms with Gasteiger partial charge in [-0.15, -0.1) is 0 Å². The number of hydrogen-bond donors (Lipinski definition) is 1. The van der Waals surface area contributed by atoms with Gasteiger partial charge in [-0.1, -0.05) is 31.0 Å². The molecule has 0 spiro atoms. The Morgan fingerprint density at radius 3 is 2.35 bits per heavy atom. The number of aromatic hydroxyl groups is 1. The minimum atomic E-state index is 0.228. The zero-order valence-electron chi connectivity index (χ0n) is 10.4. The van der Waals surface area contributed by atoms with Crippen LogP contribution in [0.3, 0.4) is 0 Å². The average Bonchev–Trinajstić information content (AvgIpc) is 2.74. The molecule has 1 aliphatic heterocycles.